The summed E-state index contributed by atoms with van der Waals surface area (Å²) in [6, 6.07) is 17.9. The summed E-state index contributed by atoms with van der Waals surface area (Å²) >= 11 is 0. The number of amides is 1. The van der Waals surface area contributed by atoms with Crippen molar-refractivity contribution in [3.8, 4) is 11.1 Å². The van der Waals surface area contributed by atoms with Gasteiger partial charge in [0.05, 0.1) is 5.69 Å². The minimum absolute atomic E-state index is 0.104. The van der Waals surface area contributed by atoms with Crippen LogP contribution in [0.2, 0.25) is 0 Å². The summed E-state index contributed by atoms with van der Waals surface area (Å²) in [7, 11) is 0. The molecule has 122 valence electrons. The van der Waals surface area contributed by atoms with Crippen LogP contribution in [0.25, 0.3) is 11.1 Å². The lowest BCUT2D eigenvalue weighted by Gasteiger charge is -2.08. The van der Waals surface area contributed by atoms with Gasteiger partial charge in [0.2, 0.25) is 0 Å². The van der Waals surface area contributed by atoms with Crippen molar-refractivity contribution < 1.29 is 9.32 Å². The third kappa shape index (κ3) is 3.23. The number of nitrogens with one attached hydrogen (secondary N) is 1. The normalized spacial score (nSPS) is 10.8. The van der Waals surface area contributed by atoms with Crippen LogP contribution in [0.5, 0.6) is 0 Å². The number of hydrogen-bond donors (Lipinski definition) is 1. The van der Waals surface area contributed by atoms with Gasteiger partial charge in [-0.3, -0.25) is 4.79 Å². The molecule has 0 aliphatic rings. The summed E-state index contributed by atoms with van der Waals surface area (Å²) in [5, 5.41) is 6.84. The summed E-state index contributed by atoms with van der Waals surface area (Å²) in [6.45, 7) is 5.74. The van der Waals surface area contributed by atoms with Crippen LogP contribution in [0, 0.1) is 6.92 Å². The average molecular weight is 320 g/mol. The first-order chi connectivity index (χ1) is 11.6. The van der Waals surface area contributed by atoms with E-state index in [1.54, 1.807) is 6.92 Å². The van der Waals surface area contributed by atoms with Crippen molar-refractivity contribution >= 4 is 11.6 Å². The average Bonchev–Trinajstić information content (AvgIpc) is 2.98. The van der Waals surface area contributed by atoms with Crippen molar-refractivity contribution in [1.82, 2.24) is 5.16 Å². The second kappa shape index (κ2) is 6.71. The standard InChI is InChI=1S/C20H20N2O2/c1-13(2)19-18(14(3)22-24-19)20(23)21-17-11-9-16(10-12-17)15-7-5-4-6-8-15/h4-13H,1-3H3,(H,21,23). The molecule has 0 saturated heterocycles. The molecule has 0 radical (unpaired) electrons. The Morgan fingerprint density at radius 2 is 1.62 bits per heavy atom. The second-order valence-electron chi connectivity index (χ2n) is 6.06. The lowest BCUT2D eigenvalue weighted by Crippen LogP contribution is -2.14. The van der Waals surface area contributed by atoms with Crippen LogP contribution in [0.15, 0.2) is 59.1 Å². The molecule has 24 heavy (non-hydrogen) atoms. The van der Waals surface area contributed by atoms with E-state index in [1.807, 2.05) is 56.3 Å². The Morgan fingerprint density at radius 1 is 1.00 bits per heavy atom. The lowest BCUT2D eigenvalue weighted by atomic mass is 10.0. The van der Waals surface area contributed by atoms with Gasteiger partial charge in [0.1, 0.15) is 5.56 Å². The molecule has 0 bridgehead atoms. The Morgan fingerprint density at radius 3 is 2.25 bits per heavy atom. The van der Waals surface area contributed by atoms with Crippen molar-refractivity contribution in [1.29, 1.82) is 0 Å². The SMILES string of the molecule is Cc1noc(C(C)C)c1C(=O)Nc1ccc(-c2ccccc2)cc1. The Balaban J connectivity index is 1.80. The summed E-state index contributed by atoms with van der Waals surface area (Å²) in [5.74, 6) is 0.531. The molecule has 4 nitrogen and oxygen atoms in total. The van der Waals surface area contributed by atoms with Crippen LogP contribution >= 0.6 is 0 Å². The van der Waals surface area contributed by atoms with Crippen molar-refractivity contribution in [2.75, 3.05) is 5.32 Å². The highest BCUT2D eigenvalue weighted by molar-refractivity contribution is 6.05. The molecule has 0 aliphatic heterocycles. The quantitative estimate of drug-likeness (QED) is 0.734. The topological polar surface area (TPSA) is 55.1 Å². The molecule has 1 amide bonds. The highest BCUT2D eigenvalue weighted by Crippen LogP contribution is 2.25. The molecule has 0 spiro atoms. The second-order valence-corrected chi connectivity index (χ2v) is 6.06. The Kier molecular flexibility index (Phi) is 4.47. The van der Waals surface area contributed by atoms with Crippen LogP contribution < -0.4 is 5.32 Å². The zero-order valence-corrected chi connectivity index (χ0v) is 14.0. The fourth-order valence-corrected chi connectivity index (χ4v) is 2.63. The van der Waals surface area contributed by atoms with E-state index >= 15 is 0 Å². The molecule has 0 atom stereocenters. The first-order valence-electron chi connectivity index (χ1n) is 7.99. The maximum Gasteiger partial charge on any atom is 0.261 e. The van der Waals surface area contributed by atoms with E-state index in [9.17, 15) is 4.79 Å². The number of anilines is 1. The van der Waals surface area contributed by atoms with Crippen LogP contribution in [-0.2, 0) is 0 Å². The van der Waals surface area contributed by atoms with Crippen molar-refractivity contribution in [3.05, 3.63) is 71.6 Å². The number of nitrogens with zero attached hydrogens (tertiary/aromatic N) is 1. The molecule has 2 aromatic carbocycles. The monoisotopic (exact) mass is 320 g/mol. The molecule has 1 N–H and O–H groups in total. The van der Waals surface area contributed by atoms with Gasteiger partial charge in [-0.05, 0) is 30.2 Å². The molecule has 4 heteroatoms. The van der Waals surface area contributed by atoms with Gasteiger partial charge in [-0.15, -0.1) is 0 Å². The summed E-state index contributed by atoms with van der Waals surface area (Å²) < 4.78 is 5.28. The summed E-state index contributed by atoms with van der Waals surface area (Å²) in [4.78, 5) is 12.6. The maximum absolute atomic E-state index is 12.6. The fourth-order valence-electron chi connectivity index (χ4n) is 2.63. The predicted molar refractivity (Wildman–Crippen MR) is 95.2 cm³/mol. The third-order valence-electron chi connectivity index (χ3n) is 3.89. The van der Waals surface area contributed by atoms with Crippen LogP contribution in [0.3, 0.4) is 0 Å². The van der Waals surface area contributed by atoms with E-state index in [2.05, 4.69) is 22.6 Å². The van der Waals surface area contributed by atoms with E-state index in [0.717, 1.165) is 16.8 Å². The van der Waals surface area contributed by atoms with Gasteiger partial charge < -0.3 is 9.84 Å². The minimum Gasteiger partial charge on any atom is -0.360 e. The predicted octanol–water partition coefficient (Wildman–Crippen LogP) is 5.03. The van der Waals surface area contributed by atoms with Gasteiger partial charge in [-0.1, -0.05) is 61.5 Å². The molecular weight excluding hydrogens is 300 g/mol. The first kappa shape index (κ1) is 16.0. The summed E-state index contributed by atoms with van der Waals surface area (Å²) in [5.41, 5.74) is 4.13. The Labute approximate surface area is 141 Å². The number of aromatic nitrogens is 1. The van der Waals surface area contributed by atoms with Crippen molar-refractivity contribution in [2.45, 2.75) is 26.7 Å². The largest absolute Gasteiger partial charge is 0.360 e. The van der Waals surface area contributed by atoms with E-state index in [-0.39, 0.29) is 11.8 Å². The van der Waals surface area contributed by atoms with E-state index in [1.165, 1.54) is 0 Å². The van der Waals surface area contributed by atoms with Crippen molar-refractivity contribution in [2.24, 2.45) is 0 Å². The first-order valence-corrected chi connectivity index (χ1v) is 7.99. The molecular formula is C20H20N2O2. The van der Waals surface area contributed by atoms with Gasteiger partial charge in [-0.2, -0.15) is 0 Å². The highest BCUT2D eigenvalue weighted by atomic mass is 16.5. The van der Waals surface area contributed by atoms with Crippen molar-refractivity contribution in [3.63, 3.8) is 0 Å². The van der Waals surface area contributed by atoms with Gasteiger partial charge >= 0.3 is 0 Å². The maximum atomic E-state index is 12.6. The van der Waals surface area contributed by atoms with Crippen LogP contribution in [0.4, 0.5) is 5.69 Å². The Bertz CT molecular complexity index is 834. The van der Waals surface area contributed by atoms with Gasteiger partial charge in [0.25, 0.3) is 5.91 Å². The molecule has 0 saturated carbocycles. The molecule has 0 aliphatic carbocycles. The zero-order chi connectivity index (χ0) is 17.1. The van der Waals surface area contributed by atoms with Gasteiger partial charge in [-0.25, -0.2) is 0 Å². The number of carbonyl (C=O) groups excluding carboxylic acids is 1. The number of benzene rings is 2. The van der Waals surface area contributed by atoms with E-state index in [4.69, 9.17) is 4.52 Å². The number of carbonyl (C=O) groups is 1. The zero-order valence-electron chi connectivity index (χ0n) is 14.0. The number of rotatable bonds is 4. The fraction of sp³-hybridized carbons (Fsp3) is 0.200. The van der Waals surface area contributed by atoms with Gasteiger partial charge in [0.15, 0.2) is 5.76 Å². The molecule has 1 aromatic heterocycles. The van der Waals surface area contributed by atoms with Crippen LogP contribution in [0.1, 0.15) is 41.6 Å². The lowest BCUT2D eigenvalue weighted by molar-refractivity contribution is 0.102. The third-order valence-corrected chi connectivity index (χ3v) is 3.89. The molecule has 1 heterocycles. The Hall–Kier alpha value is -2.88. The molecule has 0 fully saturated rings. The molecule has 0 unspecified atom stereocenters. The summed E-state index contributed by atoms with van der Waals surface area (Å²) in [6.07, 6.45) is 0. The van der Waals surface area contributed by atoms with E-state index < -0.39 is 0 Å². The highest BCUT2D eigenvalue weighted by Gasteiger charge is 2.22. The van der Waals surface area contributed by atoms with E-state index in [0.29, 0.717) is 17.0 Å². The number of hydrogen-bond acceptors (Lipinski definition) is 3. The molecule has 3 aromatic rings. The number of aryl methyl sites for hydroxylation is 1. The van der Waals surface area contributed by atoms with Crippen LogP contribution in [-0.4, -0.2) is 11.1 Å². The van der Waals surface area contributed by atoms with Gasteiger partial charge in [0, 0.05) is 11.6 Å². The minimum atomic E-state index is -0.190. The smallest absolute Gasteiger partial charge is 0.261 e. The molecule has 3 rings (SSSR count).